The lowest BCUT2D eigenvalue weighted by molar-refractivity contribution is 0.301. The van der Waals surface area contributed by atoms with Crippen molar-refractivity contribution in [3.8, 4) is 5.69 Å². The van der Waals surface area contributed by atoms with Gasteiger partial charge in [-0.05, 0) is 85.0 Å². The highest BCUT2D eigenvalue weighted by atomic mass is 19.1. The molecule has 0 amide bonds. The van der Waals surface area contributed by atoms with Crippen LogP contribution in [-0.4, -0.2) is 27.8 Å². The van der Waals surface area contributed by atoms with Gasteiger partial charge >= 0.3 is 0 Å². The Morgan fingerprint density at radius 3 is 2.28 bits per heavy atom. The Labute approximate surface area is 211 Å². The van der Waals surface area contributed by atoms with Crippen molar-refractivity contribution >= 4 is 10.9 Å². The molecule has 1 atom stereocenters. The fraction of sp³-hybridized carbons (Fsp3) is 0.219. The fourth-order valence-corrected chi connectivity index (χ4v) is 5.92. The number of rotatable bonds is 6. The first-order chi connectivity index (χ1) is 17.6. The molecule has 36 heavy (non-hydrogen) atoms. The lowest BCUT2D eigenvalue weighted by atomic mass is 9.73. The molecule has 0 bridgehead atoms. The smallest absolute Gasteiger partial charge is 0.123 e. The molecule has 0 radical (unpaired) electrons. The summed E-state index contributed by atoms with van der Waals surface area (Å²) in [6, 6.07) is 32.8. The fourth-order valence-electron chi connectivity index (χ4n) is 5.92. The summed E-state index contributed by atoms with van der Waals surface area (Å²) in [5.41, 5.74) is 7.38. The van der Waals surface area contributed by atoms with E-state index in [1.165, 1.54) is 34.4 Å². The standard InChI is InChI=1S/C32H30FN3/c1-24-18-31-27(21-34-36(31)29-14-12-28(33)13-15-29)19-30(24)32(20-25-8-4-2-5-9-25)16-17-35(23-32)22-26-10-6-3-7-11-26/h2-15,18-19,21H,16-17,20,22-23H2,1H3. The van der Waals surface area contributed by atoms with E-state index in [1.807, 2.05) is 10.9 Å². The van der Waals surface area contributed by atoms with Crippen molar-refractivity contribution in [2.24, 2.45) is 0 Å². The highest BCUT2D eigenvalue weighted by Gasteiger charge is 2.40. The van der Waals surface area contributed by atoms with Crippen LogP contribution in [0.5, 0.6) is 0 Å². The highest BCUT2D eigenvalue weighted by Crippen LogP contribution is 2.41. The molecule has 1 aromatic heterocycles. The van der Waals surface area contributed by atoms with Gasteiger partial charge in [-0.3, -0.25) is 4.90 Å². The minimum atomic E-state index is -0.238. The van der Waals surface area contributed by atoms with E-state index in [9.17, 15) is 4.39 Å². The van der Waals surface area contributed by atoms with Crippen molar-refractivity contribution in [3.05, 3.63) is 131 Å². The van der Waals surface area contributed by atoms with Crippen molar-refractivity contribution in [2.75, 3.05) is 13.1 Å². The molecule has 0 spiro atoms. The van der Waals surface area contributed by atoms with Gasteiger partial charge in [0.2, 0.25) is 0 Å². The lowest BCUT2D eigenvalue weighted by Gasteiger charge is -2.32. The Morgan fingerprint density at radius 1 is 0.861 bits per heavy atom. The molecule has 5 aromatic rings. The topological polar surface area (TPSA) is 21.1 Å². The predicted octanol–water partition coefficient (Wildman–Crippen LogP) is 6.86. The summed E-state index contributed by atoms with van der Waals surface area (Å²) in [5.74, 6) is -0.238. The summed E-state index contributed by atoms with van der Waals surface area (Å²) < 4.78 is 15.4. The van der Waals surface area contributed by atoms with Crippen molar-refractivity contribution in [1.29, 1.82) is 0 Å². The molecule has 3 nitrogen and oxygen atoms in total. The Hall–Kier alpha value is -3.76. The van der Waals surface area contributed by atoms with Crippen LogP contribution in [-0.2, 0) is 18.4 Å². The molecule has 0 N–H and O–H groups in total. The van der Waals surface area contributed by atoms with Crippen molar-refractivity contribution in [2.45, 2.75) is 31.7 Å². The van der Waals surface area contributed by atoms with Gasteiger partial charge in [-0.25, -0.2) is 9.07 Å². The second-order valence-corrected chi connectivity index (χ2v) is 10.1. The van der Waals surface area contributed by atoms with Gasteiger partial charge in [0.25, 0.3) is 0 Å². The third-order valence-corrected chi connectivity index (χ3v) is 7.62. The molecular weight excluding hydrogens is 445 g/mol. The number of hydrogen-bond acceptors (Lipinski definition) is 2. The largest absolute Gasteiger partial charge is 0.298 e. The number of aromatic nitrogens is 2. The van der Waals surface area contributed by atoms with Crippen LogP contribution in [0.2, 0.25) is 0 Å². The number of nitrogens with zero attached hydrogens (tertiary/aromatic N) is 3. The van der Waals surface area contributed by atoms with E-state index in [-0.39, 0.29) is 11.2 Å². The number of benzene rings is 4. The summed E-state index contributed by atoms with van der Waals surface area (Å²) in [6.45, 7) is 5.30. The Bertz CT molecular complexity index is 1480. The number of fused-ring (bicyclic) bond motifs is 1. The molecule has 1 saturated heterocycles. The van der Waals surface area contributed by atoms with Crippen LogP contribution in [0.25, 0.3) is 16.6 Å². The summed E-state index contributed by atoms with van der Waals surface area (Å²) in [5, 5.41) is 5.78. The van der Waals surface area contributed by atoms with Crippen LogP contribution >= 0.6 is 0 Å². The van der Waals surface area contributed by atoms with Crippen LogP contribution in [0.3, 0.4) is 0 Å². The van der Waals surface area contributed by atoms with E-state index in [1.54, 1.807) is 12.1 Å². The van der Waals surface area contributed by atoms with E-state index in [2.05, 4.69) is 89.7 Å². The van der Waals surface area contributed by atoms with Crippen LogP contribution in [0.15, 0.2) is 103 Å². The third-order valence-electron chi connectivity index (χ3n) is 7.62. The van der Waals surface area contributed by atoms with Gasteiger partial charge in [0.15, 0.2) is 0 Å². The average Bonchev–Trinajstić information content (AvgIpc) is 3.49. The minimum absolute atomic E-state index is 0.0341. The zero-order valence-corrected chi connectivity index (χ0v) is 20.6. The predicted molar refractivity (Wildman–Crippen MR) is 144 cm³/mol. The number of halogens is 1. The molecule has 2 heterocycles. The van der Waals surface area contributed by atoms with E-state index in [4.69, 9.17) is 0 Å². The van der Waals surface area contributed by atoms with Crippen molar-refractivity contribution in [1.82, 2.24) is 14.7 Å². The van der Waals surface area contributed by atoms with Crippen LogP contribution < -0.4 is 0 Å². The Kier molecular flexibility index (Phi) is 5.90. The van der Waals surface area contributed by atoms with Crippen molar-refractivity contribution in [3.63, 3.8) is 0 Å². The lowest BCUT2D eigenvalue weighted by Crippen LogP contribution is -2.34. The molecule has 0 saturated carbocycles. The zero-order chi connectivity index (χ0) is 24.5. The molecule has 6 rings (SSSR count). The summed E-state index contributed by atoms with van der Waals surface area (Å²) in [7, 11) is 0. The SMILES string of the molecule is Cc1cc2c(cnn2-c2ccc(F)cc2)cc1C1(Cc2ccccc2)CCN(Cc2ccccc2)C1. The van der Waals surface area contributed by atoms with Crippen LogP contribution in [0, 0.1) is 12.7 Å². The van der Waals surface area contributed by atoms with E-state index >= 15 is 0 Å². The maximum atomic E-state index is 13.5. The first-order valence-corrected chi connectivity index (χ1v) is 12.6. The summed E-state index contributed by atoms with van der Waals surface area (Å²) >= 11 is 0. The molecule has 0 aliphatic carbocycles. The van der Waals surface area contributed by atoms with Gasteiger partial charge < -0.3 is 0 Å². The maximum Gasteiger partial charge on any atom is 0.123 e. The van der Waals surface area contributed by atoms with E-state index in [0.717, 1.165) is 49.1 Å². The molecule has 4 heteroatoms. The van der Waals surface area contributed by atoms with Gasteiger partial charge in [0, 0.05) is 23.9 Å². The zero-order valence-electron chi connectivity index (χ0n) is 20.6. The highest BCUT2D eigenvalue weighted by molar-refractivity contribution is 5.82. The quantitative estimate of drug-likeness (QED) is 0.268. The third kappa shape index (κ3) is 4.33. The number of likely N-dealkylation sites (tertiary alicyclic amines) is 1. The Balaban J connectivity index is 1.39. The average molecular weight is 476 g/mol. The monoisotopic (exact) mass is 475 g/mol. The molecule has 180 valence electrons. The first kappa shape index (κ1) is 22.7. The van der Waals surface area contributed by atoms with E-state index in [0.29, 0.717) is 0 Å². The maximum absolute atomic E-state index is 13.5. The second-order valence-electron chi connectivity index (χ2n) is 10.1. The van der Waals surface area contributed by atoms with Crippen molar-refractivity contribution < 1.29 is 4.39 Å². The number of hydrogen-bond donors (Lipinski definition) is 0. The van der Waals surface area contributed by atoms with Gasteiger partial charge in [-0.1, -0.05) is 60.7 Å². The normalized spacial score (nSPS) is 18.2. The second kappa shape index (κ2) is 9.36. The molecular formula is C32H30FN3. The van der Waals surface area contributed by atoms with Crippen LogP contribution in [0.4, 0.5) is 4.39 Å². The van der Waals surface area contributed by atoms with Crippen LogP contribution in [0.1, 0.15) is 28.7 Å². The summed E-state index contributed by atoms with van der Waals surface area (Å²) in [6.07, 6.45) is 4.07. The molecule has 1 unspecified atom stereocenters. The number of aryl methyl sites for hydroxylation is 1. The molecule has 4 aromatic carbocycles. The van der Waals surface area contributed by atoms with E-state index < -0.39 is 0 Å². The first-order valence-electron chi connectivity index (χ1n) is 12.6. The Morgan fingerprint density at radius 2 is 1.56 bits per heavy atom. The minimum Gasteiger partial charge on any atom is -0.298 e. The molecule has 1 aliphatic rings. The van der Waals surface area contributed by atoms with Gasteiger partial charge in [0.1, 0.15) is 5.82 Å². The summed E-state index contributed by atoms with van der Waals surface area (Å²) in [4.78, 5) is 2.60. The van der Waals surface area contributed by atoms with Gasteiger partial charge in [0.05, 0.1) is 17.4 Å². The molecule has 1 fully saturated rings. The van der Waals surface area contributed by atoms with Gasteiger partial charge in [-0.2, -0.15) is 5.10 Å². The van der Waals surface area contributed by atoms with Gasteiger partial charge in [-0.15, -0.1) is 0 Å². The molecule has 1 aliphatic heterocycles.